The van der Waals surface area contributed by atoms with Crippen LogP contribution in [0.3, 0.4) is 0 Å². The summed E-state index contributed by atoms with van der Waals surface area (Å²) in [5.41, 5.74) is 3.63. The minimum absolute atomic E-state index is 0.0563. The fraction of sp³-hybridized carbons (Fsp3) is 0.565. The van der Waals surface area contributed by atoms with Crippen LogP contribution in [0.5, 0.6) is 0 Å². The van der Waals surface area contributed by atoms with Gasteiger partial charge in [0.1, 0.15) is 5.78 Å². The van der Waals surface area contributed by atoms with Crippen LogP contribution in [0, 0.1) is 17.3 Å². The van der Waals surface area contributed by atoms with Gasteiger partial charge in [-0.3, -0.25) is 9.59 Å². The summed E-state index contributed by atoms with van der Waals surface area (Å²) in [7, 11) is 0. The third-order valence-corrected chi connectivity index (χ3v) is 7.33. The molecule has 0 spiro atoms. The van der Waals surface area contributed by atoms with E-state index in [1.54, 1.807) is 0 Å². The maximum absolute atomic E-state index is 12.4. The lowest BCUT2D eigenvalue weighted by atomic mass is 9.55. The molecule has 0 N–H and O–H groups in total. The number of carbonyl (C=O) groups excluding carboxylic acids is 2. The number of allylic oxidation sites excluding steroid dienone is 1. The molecule has 2 heteroatoms. The molecular weight excluding hydrogens is 308 g/mol. The average Bonchev–Trinajstić information content (AvgIpc) is 2.94. The first kappa shape index (κ1) is 16.8. The Balaban J connectivity index is 1.60. The summed E-state index contributed by atoms with van der Waals surface area (Å²) in [6, 6.07) is 6.39. The summed E-state index contributed by atoms with van der Waals surface area (Å²) in [6.07, 6.45) is 9.37. The van der Waals surface area contributed by atoms with Crippen molar-refractivity contribution in [2.75, 3.05) is 0 Å². The molecule has 0 saturated heterocycles. The molecule has 1 aromatic carbocycles. The number of Topliss-reactive ketones (excluding diaryl/α,β-unsaturated/α-hetero) is 2. The van der Waals surface area contributed by atoms with E-state index in [9.17, 15) is 9.59 Å². The molecule has 4 rings (SSSR count). The van der Waals surface area contributed by atoms with E-state index >= 15 is 0 Å². The zero-order valence-electron chi connectivity index (χ0n) is 15.2. The Hall–Kier alpha value is -1.70. The molecule has 0 heterocycles. The minimum atomic E-state index is -0.0563. The van der Waals surface area contributed by atoms with E-state index in [4.69, 9.17) is 0 Å². The van der Waals surface area contributed by atoms with E-state index in [-0.39, 0.29) is 11.2 Å². The molecule has 3 aliphatic rings. The monoisotopic (exact) mass is 336 g/mol. The zero-order chi connectivity index (χ0) is 17.6. The van der Waals surface area contributed by atoms with Gasteiger partial charge in [0, 0.05) is 23.8 Å². The largest absolute Gasteiger partial charge is 0.299 e. The van der Waals surface area contributed by atoms with E-state index in [0.717, 1.165) is 44.1 Å². The van der Waals surface area contributed by atoms with Gasteiger partial charge in [0.15, 0.2) is 5.78 Å². The summed E-state index contributed by atoms with van der Waals surface area (Å²) in [5, 5.41) is 0. The Kier molecular flexibility index (Phi) is 4.17. The Morgan fingerprint density at radius 3 is 2.92 bits per heavy atom. The Morgan fingerprint density at radius 1 is 1.28 bits per heavy atom. The van der Waals surface area contributed by atoms with Crippen molar-refractivity contribution in [3.8, 4) is 0 Å². The molecule has 0 amide bonds. The topological polar surface area (TPSA) is 34.1 Å². The number of ketones is 2. The molecule has 2 fully saturated rings. The standard InChI is InChI=1S/C23H28O2/c1-3-4-5-21(24)16-7-8-17-15(14-16)6-9-19-18(17)12-13-23(2)20(19)10-11-22(23)25/h3,7-8,14,18-20H,1,4-6,9-13H2,2H3/t18-,19-,20+,23+/m1/s1. The Labute approximate surface area is 150 Å². The zero-order valence-corrected chi connectivity index (χ0v) is 15.2. The lowest BCUT2D eigenvalue weighted by Crippen LogP contribution is -2.42. The van der Waals surface area contributed by atoms with Crippen LogP contribution in [0.2, 0.25) is 0 Å². The predicted octanol–water partition coefficient (Wildman–Crippen LogP) is 5.26. The Bertz CT molecular complexity index is 732. The normalized spacial score (nSPS) is 33.3. The van der Waals surface area contributed by atoms with Crippen molar-refractivity contribution in [3.05, 3.63) is 47.5 Å². The van der Waals surface area contributed by atoms with Gasteiger partial charge in [-0.15, -0.1) is 6.58 Å². The fourth-order valence-electron chi connectivity index (χ4n) is 5.90. The van der Waals surface area contributed by atoms with E-state index in [0.29, 0.717) is 30.0 Å². The highest BCUT2D eigenvalue weighted by atomic mass is 16.1. The highest BCUT2D eigenvalue weighted by Gasteiger charge is 2.54. The maximum Gasteiger partial charge on any atom is 0.163 e. The van der Waals surface area contributed by atoms with Crippen LogP contribution in [0.4, 0.5) is 0 Å². The summed E-state index contributed by atoms with van der Waals surface area (Å²) >= 11 is 0. The molecule has 0 unspecified atom stereocenters. The van der Waals surface area contributed by atoms with E-state index in [2.05, 4.69) is 25.6 Å². The number of benzene rings is 1. The molecule has 25 heavy (non-hydrogen) atoms. The van der Waals surface area contributed by atoms with Crippen LogP contribution in [0.15, 0.2) is 30.9 Å². The molecule has 0 radical (unpaired) electrons. The summed E-state index contributed by atoms with van der Waals surface area (Å²) in [6.45, 7) is 5.93. The van der Waals surface area contributed by atoms with Gasteiger partial charge in [0.05, 0.1) is 0 Å². The third kappa shape index (κ3) is 2.61. The van der Waals surface area contributed by atoms with Gasteiger partial charge in [-0.25, -0.2) is 0 Å². The average molecular weight is 336 g/mol. The van der Waals surface area contributed by atoms with Crippen molar-refractivity contribution >= 4 is 11.6 Å². The number of aryl methyl sites for hydroxylation is 1. The molecule has 3 aliphatic carbocycles. The van der Waals surface area contributed by atoms with Gasteiger partial charge in [-0.2, -0.15) is 0 Å². The molecule has 2 saturated carbocycles. The first-order valence-electron chi connectivity index (χ1n) is 9.85. The van der Waals surface area contributed by atoms with E-state index in [1.807, 2.05) is 12.1 Å². The van der Waals surface area contributed by atoms with Crippen molar-refractivity contribution in [2.45, 2.75) is 64.2 Å². The van der Waals surface area contributed by atoms with Gasteiger partial charge >= 0.3 is 0 Å². The molecule has 2 nitrogen and oxygen atoms in total. The smallest absolute Gasteiger partial charge is 0.163 e. The fourth-order valence-corrected chi connectivity index (χ4v) is 5.90. The highest BCUT2D eigenvalue weighted by molar-refractivity contribution is 5.96. The van der Waals surface area contributed by atoms with Gasteiger partial charge < -0.3 is 0 Å². The first-order chi connectivity index (χ1) is 12.0. The number of fused-ring (bicyclic) bond motifs is 5. The second-order valence-electron chi connectivity index (χ2n) is 8.50. The van der Waals surface area contributed by atoms with Gasteiger partial charge in [0.2, 0.25) is 0 Å². The van der Waals surface area contributed by atoms with Gasteiger partial charge in [0.25, 0.3) is 0 Å². The third-order valence-electron chi connectivity index (χ3n) is 7.33. The predicted molar refractivity (Wildman–Crippen MR) is 99.8 cm³/mol. The lowest BCUT2D eigenvalue weighted by molar-refractivity contribution is -0.129. The molecule has 132 valence electrons. The second-order valence-corrected chi connectivity index (χ2v) is 8.50. The van der Waals surface area contributed by atoms with Crippen molar-refractivity contribution in [1.82, 2.24) is 0 Å². The van der Waals surface area contributed by atoms with Crippen LogP contribution in [0.25, 0.3) is 0 Å². The van der Waals surface area contributed by atoms with E-state index < -0.39 is 0 Å². The van der Waals surface area contributed by atoms with Crippen molar-refractivity contribution in [3.63, 3.8) is 0 Å². The van der Waals surface area contributed by atoms with Gasteiger partial charge in [-0.1, -0.05) is 25.1 Å². The SMILES string of the molecule is C=CCCC(=O)c1ccc2c(c1)CC[C@@H]1[C@@H]2CC[C@]2(C)C(=O)CC[C@@H]12. The van der Waals surface area contributed by atoms with Crippen LogP contribution in [-0.4, -0.2) is 11.6 Å². The van der Waals surface area contributed by atoms with Crippen LogP contribution in [0.1, 0.15) is 79.3 Å². The summed E-state index contributed by atoms with van der Waals surface area (Å²) in [4.78, 5) is 24.7. The Morgan fingerprint density at radius 2 is 2.12 bits per heavy atom. The van der Waals surface area contributed by atoms with Crippen molar-refractivity contribution in [2.24, 2.45) is 17.3 Å². The molecular formula is C23H28O2. The minimum Gasteiger partial charge on any atom is -0.299 e. The number of hydrogen-bond acceptors (Lipinski definition) is 2. The van der Waals surface area contributed by atoms with Crippen LogP contribution in [-0.2, 0) is 11.2 Å². The molecule has 0 aliphatic heterocycles. The van der Waals surface area contributed by atoms with Crippen molar-refractivity contribution < 1.29 is 9.59 Å². The summed E-state index contributed by atoms with van der Waals surface area (Å²) < 4.78 is 0. The number of hydrogen-bond donors (Lipinski definition) is 0. The molecule has 0 bridgehead atoms. The number of rotatable bonds is 4. The van der Waals surface area contributed by atoms with Gasteiger partial charge in [-0.05, 0) is 73.5 Å². The number of carbonyl (C=O) groups is 2. The maximum atomic E-state index is 12.4. The second kappa shape index (κ2) is 6.23. The molecule has 4 atom stereocenters. The summed E-state index contributed by atoms with van der Waals surface area (Å²) in [5.74, 6) is 2.54. The van der Waals surface area contributed by atoms with Crippen LogP contribution < -0.4 is 0 Å². The van der Waals surface area contributed by atoms with Crippen LogP contribution >= 0.6 is 0 Å². The lowest BCUT2D eigenvalue weighted by Gasteiger charge is -2.48. The molecule has 1 aromatic rings. The highest BCUT2D eigenvalue weighted by Crippen LogP contribution is 2.59. The molecule has 0 aromatic heterocycles. The van der Waals surface area contributed by atoms with E-state index in [1.165, 1.54) is 17.5 Å². The quantitative estimate of drug-likeness (QED) is 0.555. The first-order valence-corrected chi connectivity index (χ1v) is 9.85. The van der Waals surface area contributed by atoms with Crippen molar-refractivity contribution in [1.29, 1.82) is 0 Å².